The molecule has 1 aliphatic carbocycles. The number of hydrogen-bond acceptors (Lipinski definition) is 2. The maximum atomic E-state index is 6.20. The van der Waals surface area contributed by atoms with Crippen molar-refractivity contribution in [3.8, 4) is 0 Å². The average molecular weight is 261 g/mol. The number of aryl methyl sites for hydroxylation is 1. The normalized spacial score (nSPS) is 19.0. The summed E-state index contributed by atoms with van der Waals surface area (Å²) in [6.07, 6.45) is 9.72. The highest BCUT2D eigenvalue weighted by molar-refractivity contribution is 5.14. The van der Waals surface area contributed by atoms with E-state index >= 15 is 0 Å². The second kappa shape index (κ2) is 7.66. The molecule has 1 aromatic carbocycles. The molecule has 2 N–H and O–H groups in total. The molecular weight excluding hydrogens is 234 g/mol. The minimum absolute atomic E-state index is 0.0206. The van der Waals surface area contributed by atoms with Crippen molar-refractivity contribution in [1.82, 2.24) is 0 Å². The molecule has 2 rings (SSSR count). The topological polar surface area (TPSA) is 35.2 Å². The molecule has 2 heteroatoms. The van der Waals surface area contributed by atoms with Crippen molar-refractivity contribution >= 4 is 0 Å². The van der Waals surface area contributed by atoms with E-state index in [4.69, 9.17) is 10.5 Å². The van der Waals surface area contributed by atoms with Crippen LogP contribution >= 0.6 is 0 Å². The van der Waals surface area contributed by atoms with Gasteiger partial charge in [-0.15, -0.1) is 0 Å². The van der Waals surface area contributed by atoms with Gasteiger partial charge in [-0.25, -0.2) is 0 Å². The van der Waals surface area contributed by atoms with E-state index in [0.717, 1.165) is 32.3 Å². The second-order valence-corrected chi connectivity index (χ2v) is 5.74. The van der Waals surface area contributed by atoms with E-state index in [0.29, 0.717) is 6.54 Å². The van der Waals surface area contributed by atoms with Gasteiger partial charge in [0.05, 0.1) is 5.60 Å². The summed E-state index contributed by atoms with van der Waals surface area (Å²) in [7, 11) is 0. The van der Waals surface area contributed by atoms with Crippen LogP contribution in [0.1, 0.15) is 50.5 Å². The molecule has 0 atom stereocenters. The molecule has 0 bridgehead atoms. The summed E-state index contributed by atoms with van der Waals surface area (Å²) in [6.45, 7) is 1.52. The maximum Gasteiger partial charge on any atom is 0.0804 e. The van der Waals surface area contributed by atoms with Crippen LogP contribution in [0.4, 0.5) is 0 Å². The van der Waals surface area contributed by atoms with Crippen molar-refractivity contribution in [3.05, 3.63) is 35.9 Å². The van der Waals surface area contributed by atoms with Gasteiger partial charge in [-0.2, -0.15) is 0 Å². The van der Waals surface area contributed by atoms with Gasteiger partial charge in [-0.05, 0) is 31.2 Å². The summed E-state index contributed by atoms with van der Waals surface area (Å²) in [6, 6.07) is 10.6. The van der Waals surface area contributed by atoms with Crippen LogP contribution in [0.2, 0.25) is 0 Å². The number of rotatable bonds is 6. The Morgan fingerprint density at radius 3 is 2.32 bits per heavy atom. The Balaban J connectivity index is 1.73. The molecular formula is C17H27NO. The third-order valence-electron chi connectivity index (χ3n) is 4.25. The summed E-state index contributed by atoms with van der Waals surface area (Å²) in [5.41, 5.74) is 7.35. The van der Waals surface area contributed by atoms with Crippen LogP contribution in [-0.4, -0.2) is 18.8 Å². The molecule has 0 aliphatic heterocycles. The minimum atomic E-state index is -0.0206. The second-order valence-electron chi connectivity index (χ2n) is 5.74. The SMILES string of the molecule is NCC1(OCCCc2ccccc2)CCCCCC1. The lowest BCUT2D eigenvalue weighted by Crippen LogP contribution is -2.40. The van der Waals surface area contributed by atoms with E-state index in [9.17, 15) is 0 Å². The van der Waals surface area contributed by atoms with E-state index in [1.165, 1.54) is 31.2 Å². The molecule has 1 aromatic rings. The van der Waals surface area contributed by atoms with Crippen LogP contribution in [0.5, 0.6) is 0 Å². The van der Waals surface area contributed by atoms with Crippen LogP contribution in [0.3, 0.4) is 0 Å². The molecule has 0 amide bonds. The molecule has 106 valence electrons. The van der Waals surface area contributed by atoms with Crippen LogP contribution in [0, 0.1) is 0 Å². The highest BCUT2D eigenvalue weighted by Gasteiger charge is 2.29. The monoisotopic (exact) mass is 261 g/mol. The Labute approximate surface area is 117 Å². The smallest absolute Gasteiger partial charge is 0.0804 e. The lowest BCUT2D eigenvalue weighted by atomic mass is 9.94. The fraction of sp³-hybridized carbons (Fsp3) is 0.647. The van der Waals surface area contributed by atoms with Crippen molar-refractivity contribution in [2.45, 2.75) is 57.0 Å². The molecule has 0 radical (unpaired) electrons. The number of hydrogen-bond donors (Lipinski definition) is 1. The number of ether oxygens (including phenoxy) is 1. The predicted molar refractivity (Wildman–Crippen MR) is 80.2 cm³/mol. The average Bonchev–Trinajstić information content (AvgIpc) is 2.71. The zero-order valence-electron chi connectivity index (χ0n) is 11.9. The van der Waals surface area contributed by atoms with E-state index in [-0.39, 0.29) is 5.60 Å². The van der Waals surface area contributed by atoms with Gasteiger partial charge >= 0.3 is 0 Å². The minimum Gasteiger partial charge on any atom is -0.374 e. The van der Waals surface area contributed by atoms with Crippen LogP contribution in [0.15, 0.2) is 30.3 Å². The first-order chi connectivity index (χ1) is 9.35. The van der Waals surface area contributed by atoms with Gasteiger partial charge in [-0.1, -0.05) is 56.0 Å². The highest BCUT2D eigenvalue weighted by Crippen LogP contribution is 2.29. The van der Waals surface area contributed by atoms with E-state index < -0.39 is 0 Å². The summed E-state index contributed by atoms with van der Waals surface area (Å²) < 4.78 is 6.20. The molecule has 1 saturated carbocycles. The molecule has 0 unspecified atom stereocenters. The van der Waals surface area contributed by atoms with Crippen LogP contribution in [0.25, 0.3) is 0 Å². The Bertz CT molecular complexity index is 342. The van der Waals surface area contributed by atoms with Gasteiger partial charge in [0, 0.05) is 13.2 Å². The molecule has 0 aromatic heterocycles. The standard InChI is InChI=1S/C17H27NO/c18-15-17(12-6-1-2-7-13-17)19-14-8-11-16-9-4-3-5-10-16/h3-5,9-10H,1-2,6-8,11-15,18H2. The van der Waals surface area contributed by atoms with Gasteiger partial charge in [0.25, 0.3) is 0 Å². The van der Waals surface area contributed by atoms with Crippen molar-refractivity contribution < 1.29 is 4.74 Å². The molecule has 1 fully saturated rings. The summed E-state index contributed by atoms with van der Waals surface area (Å²) in [5, 5.41) is 0. The summed E-state index contributed by atoms with van der Waals surface area (Å²) >= 11 is 0. The van der Waals surface area contributed by atoms with Crippen LogP contribution in [-0.2, 0) is 11.2 Å². The molecule has 19 heavy (non-hydrogen) atoms. The van der Waals surface area contributed by atoms with E-state index in [2.05, 4.69) is 30.3 Å². The van der Waals surface area contributed by atoms with Gasteiger partial charge in [-0.3, -0.25) is 0 Å². The molecule has 0 saturated heterocycles. The Kier molecular flexibility index (Phi) is 5.87. The zero-order chi connectivity index (χ0) is 13.4. The van der Waals surface area contributed by atoms with Gasteiger partial charge in [0.1, 0.15) is 0 Å². The summed E-state index contributed by atoms with van der Waals surface area (Å²) in [5.74, 6) is 0. The van der Waals surface area contributed by atoms with Crippen molar-refractivity contribution in [2.24, 2.45) is 5.73 Å². The lowest BCUT2D eigenvalue weighted by Gasteiger charge is -2.31. The fourth-order valence-corrected chi connectivity index (χ4v) is 2.99. The third-order valence-corrected chi connectivity index (χ3v) is 4.25. The highest BCUT2D eigenvalue weighted by atomic mass is 16.5. The zero-order valence-corrected chi connectivity index (χ0v) is 11.9. The third kappa shape index (κ3) is 4.63. The first-order valence-corrected chi connectivity index (χ1v) is 7.73. The van der Waals surface area contributed by atoms with Gasteiger partial charge < -0.3 is 10.5 Å². The molecule has 1 aliphatic rings. The predicted octanol–water partition coefficient (Wildman–Crippen LogP) is 3.69. The van der Waals surface area contributed by atoms with Crippen molar-refractivity contribution in [2.75, 3.05) is 13.2 Å². The van der Waals surface area contributed by atoms with Gasteiger partial charge in [0.2, 0.25) is 0 Å². The Morgan fingerprint density at radius 2 is 1.68 bits per heavy atom. The van der Waals surface area contributed by atoms with Crippen molar-refractivity contribution in [3.63, 3.8) is 0 Å². The molecule has 0 spiro atoms. The van der Waals surface area contributed by atoms with E-state index in [1.807, 2.05) is 0 Å². The summed E-state index contributed by atoms with van der Waals surface area (Å²) in [4.78, 5) is 0. The van der Waals surface area contributed by atoms with Gasteiger partial charge in [0.15, 0.2) is 0 Å². The van der Waals surface area contributed by atoms with Crippen LogP contribution < -0.4 is 5.73 Å². The maximum absolute atomic E-state index is 6.20. The Hall–Kier alpha value is -0.860. The van der Waals surface area contributed by atoms with Crippen molar-refractivity contribution in [1.29, 1.82) is 0 Å². The quantitative estimate of drug-likeness (QED) is 0.626. The largest absolute Gasteiger partial charge is 0.374 e. The first kappa shape index (κ1) is 14.5. The fourth-order valence-electron chi connectivity index (χ4n) is 2.99. The first-order valence-electron chi connectivity index (χ1n) is 7.73. The van der Waals surface area contributed by atoms with E-state index in [1.54, 1.807) is 0 Å². The molecule has 0 heterocycles. The molecule has 2 nitrogen and oxygen atoms in total. The number of nitrogens with two attached hydrogens (primary N) is 1. The lowest BCUT2D eigenvalue weighted by molar-refractivity contribution is -0.0501. The number of benzene rings is 1. The Morgan fingerprint density at radius 1 is 1.00 bits per heavy atom.